The van der Waals surface area contributed by atoms with E-state index in [2.05, 4.69) is 4.98 Å². The molecule has 23 heavy (non-hydrogen) atoms. The molecule has 0 saturated carbocycles. The summed E-state index contributed by atoms with van der Waals surface area (Å²) in [5, 5.41) is 10.9. The van der Waals surface area contributed by atoms with Gasteiger partial charge < -0.3 is 14.6 Å². The summed E-state index contributed by atoms with van der Waals surface area (Å²) in [6, 6.07) is 14.8. The van der Waals surface area contributed by atoms with Crippen molar-refractivity contribution in [3.05, 3.63) is 48.5 Å². The smallest absolute Gasteiger partial charge is 0.127 e. The van der Waals surface area contributed by atoms with Gasteiger partial charge in [-0.15, -0.1) is 0 Å². The van der Waals surface area contributed by atoms with E-state index in [1.807, 2.05) is 44.2 Å². The van der Waals surface area contributed by atoms with Crippen molar-refractivity contribution < 1.29 is 14.6 Å². The first kappa shape index (κ1) is 15.2. The Morgan fingerprint density at radius 2 is 1.65 bits per heavy atom. The molecule has 118 valence electrons. The molecule has 0 aliphatic rings. The molecule has 0 atom stereocenters. The van der Waals surface area contributed by atoms with Gasteiger partial charge in [0.1, 0.15) is 17.2 Å². The van der Waals surface area contributed by atoms with Crippen LogP contribution in [-0.2, 0) is 0 Å². The average molecular weight is 309 g/mol. The van der Waals surface area contributed by atoms with Gasteiger partial charge in [0.25, 0.3) is 0 Å². The molecule has 4 nitrogen and oxygen atoms in total. The summed E-state index contributed by atoms with van der Waals surface area (Å²) in [7, 11) is 1.61. The molecule has 0 aliphatic heterocycles. The second kappa shape index (κ2) is 6.16. The lowest BCUT2D eigenvalue weighted by Crippen LogP contribution is -2.05. The largest absolute Gasteiger partial charge is 0.507 e. The van der Waals surface area contributed by atoms with Crippen molar-refractivity contribution in [2.24, 2.45) is 0 Å². The van der Waals surface area contributed by atoms with E-state index >= 15 is 0 Å². The van der Waals surface area contributed by atoms with Crippen LogP contribution in [0.15, 0.2) is 48.5 Å². The minimum Gasteiger partial charge on any atom is -0.507 e. The van der Waals surface area contributed by atoms with Crippen LogP contribution in [0.25, 0.3) is 22.2 Å². The number of hydrogen-bond donors (Lipinski definition) is 1. The third-order valence-corrected chi connectivity index (χ3v) is 3.52. The lowest BCUT2D eigenvalue weighted by atomic mass is 10.1. The van der Waals surface area contributed by atoms with Gasteiger partial charge in [-0.25, -0.2) is 4.98 Å². The molecule has 2 aromatic carbocycles. The van der Waals surface area contributed by atoms with Crippen LogP contribution in [0.3, 0.4) is 0 Å². The molecule has 0 aliphatic carbocycles. The number of pyridine rings is 1. The Balaban J connectivity index is 2.02. The van der Waals surface area contributed by atoms with E-state index in [0.717, 1.165) is 11.3 Å². The van der Waals surface area contributed by atoms with Crippen molar-refractivity contribution in [3.8, 4) is 28.5 Å². The molecular weight excluding hydrogens is 290 g/mol. The number of aromatic hydroxyl groups is 1. The monoisotopic (exact) mass is 309 g/mol. The van der Waals surface area contributed by atoms with Crippen molar-refractivity contribution >= 4 is 10.9 Å². The van der Waals surface area contributed by atoms with Gasteiger partial charge >= 0.3 is 0 Å². The molecule has 0 spiro atoms. The maximum absolute atomic E-state index is 10.2. The zero-order valence-corrected chi connectivity index (χ0v) is 13.4. The summed E-state index contributed by atoms with van der Waals surface area (Å²) in [5.41, 5.74) is 2.32. The summed E-state index contributed by atoms with van der Waals surface area (Å²) in [5.74, 6) is 1.73. The Morgan fingerprint density at radius 3 is 2.30 bits per heavy atom. The van der Waals surface area contributed by atoms with Gasteiger partial charge in [-0.1, -0.05) is 0 Å². The van der Waals surface area contributed by atoms with Crippen molar-refractivity contribution in [1.82, 2.24) is 4.98 Å². The molecule has 0 amide bonds. The van der Waals surface area contributed by atoms with Gasteiger partial charge in [-0.05, 0) is 50.2 Å². The van der Waals surface area contributed by atoms with Crippen LogP contribution in [0, 0.1) is 0 Å². The number of rotatable bonds is 4. The minimum atomic E-state index is 0.135. The number of fused-ring (bicyclic) bond motifs is 1. The highest BCUT2D eigenvalue weighted by molar-refractivity contribution is 5.88. The topological polar surface area (TPSA) is 51.6 Å². The Kier molecular flexibility index (Phi) is 4.06. The number of ether oxygens (including phenoxy) is 2. The van der Waals surface area contributed by atoms with Crippen LogP contribution >= 0.6 is 0 Å². The second-order valence-corrected chi connectivity index (χ2v) is 5.60. The molecular formula is C19H19NO3. The number of nitrogens with zero attached hydrogens (tertiary/aromatic N) is 1. The number of hydrogen-bond acceptors (Lipinski definition) is 4. The van der Waals surface area contributed by atoms with E-state index in [9.17, 15) is 5.11 Å². The third-order valence-electron chi connectivity index (χ3n) is 3.52. The summed E-state index contributed by atoms with van der Waals surface area (Å²) in [4.78, 5) is 4.62. The van der Waals surface area contributed by atoms with Crippen LogP contribution < -0.4 is 9.47 Å². The van der Waals surface area contributed by atoms with Crippen LogP contribution in [-0.4, -0.2) is 23.3 Å². The Labute approximate surface area is 135 Å². The standard InChI is InChI=1S/C19H19NO3/c1-12(2)23-14-6-4-13(5-7-14)17-11-19(21)16-9-8-15(22-3)10-18(16)20-17/h4-12H,1-3H3,(H,20,21). The minimum absolute atomic E-state index is 0.135. The van der Waals surface area contributed by atoms with E-state index in [4.69, 9.17) is 9.47 Å². The molecule has 3 aromatic rings. The molecule has 4 heteroatoms. The third kappa shape index (κ3) is 3.21. The molecule has 0 unspecified atom stereocenters. The van der Waals surface area contributed by atoms with E-state index in [-0.39, 0.29) is 11.9 Å². The van der Waals surface area contributed by atoms with Crippen LogP contribution in [0.4, 0.5) is 0 Å². The molecule has 0 saturated heterocycles. The van der Waals surface area contributed by atoms with Gasteiger partial charge in [-0.2, -0.15) is 0 Å². The first-order valence-electron chi connectivity index (χ1n) is 7.51. The lowest BCUT2D eigenvalue weighted by Gasteiger charge is -2.11. The first-order valence-corrected chi connectivity index (χ1v) is 7.51. The summed E-state index contributed by atoms with van der Waals surface area (Å²) >= 11 is 0. The Hall–Kier alpha value is -2.75. The van der Waals surface area contributed by atoms with Crippen LogP contribution in [0.5, 0.6) is 17.2 Å². The number of aromatic nitrogens is 1. The van der Waals surface area contributed by atoms with Crippen molar-refractivity contribution in [2.45, 2.75) is 20.0 Å². The average Bonchev–Trinajstić information content (AvgIpc) is 2.54. The van der Waals surface area contributed by atoms with Crippen molar-refractivity contribution in [1.29, 1.82) is 0 Å². The quantitative estimate of drug-likeness (QED) is 0.776. The molecule has 3 rings (SSSR count). The fourth-order valence-corrected chi connectivity index (χ4v) is 2.44. The van der Waals surface area contributed by atoms with Crippen molar-refractivity contribution in [3.63, 3.8) is 0 Å². The van der Waals surface area contributed by atoms with Gasteiger partial charge in [0.15, 0.2) is 0 Å². The van der Waals surface area contributed by atoms with Crippen molar-refractivity contribution in [2.75, 3.05) is 7.11 Å². The number of methoxy groups -OCH3 is 1. The first-order chi connectivity index (χ1) is 11.1. The molecule has 0 radical (unpaired) electrons. The maximum Gasteiger partial charge on any atom is 0.127 e. The maximum atomic E-state index is 10.2. The second-order valence-electron chi connectivity index (χ2n) is 5.60. The van der Waals surface area contributed by atoms with Gasteiger partial charge in [-0.3, -0.25) is 0 Å². The molecule has 0 bridgehead atoms. The van der Waals surface area contributed by atoms with E-state index < -0.39 is 0 Å². The van der Waals surface area contributed by atoms with E-state index in [0.29, 0.717) is 22.3 Å². The Bertz CT molecular complexity index is 826. The molecule has 1 heterocycles. The predicted molar refractivity (Wildman–Crippen MR) is 91.2 cm³/mol. The summed E-state index contributed by atoms with van der Waals surface area (Å²) in [6.07, 6.45) is 0.135. The predicted octanol–water partition coefficient (Wildman–Crippen LogP) is 4.40. The van der Waals surface area contributed by atoms with Gasteiger partial charge in [0.05, 0.1) is 24.4 Å². The van der Waals surface area contributed by atoms with Gasteiger partial charge in [0.2, 0.25) is 0 Å². The zero-order chi connectivity index (χ0) is 16.4. The summed E-state index contributed by atoms with van der Waals surface area (Å²) in [6.45, 7) is 3.98. The Morgan fingerprint density at radius 1 is 0.957 bits per heavy atom. The normalized spacial score (nSPS) is 11.0. The summed E-state index contributed by atoms with van der Waals surface area (Å²) < 4.78 is 10.9. The highest BCUT2D eigenvalue weighted by Crippen LogP contribution is 2.31. The molecule has 1 N–H and O–H groups in total. The molecule has 1 aromatic heterocycles. The van der Waals surface area contributed by atoms with E-state index in [1.54, 1.807) is 25.3 Å². The fraction of sp³-hybridized carbons (Fsp3) is 0.211. The highest BCUT2D eigenvalue weighted by Gasteiger charge is 2.08. The fourth-order valence-electron chi connectivity index (χ4n) is 2.44. The van der Waals surface area contributed by atoms with Crippen LogP contribution in [0.1, 0.15) is 13.8 Å². The zero-order valence-electron chi connectivity index (χ0n) is 13.4. The molecule has 0 fully saturated rings. The van der Waals surface area contributed by atoms with Crippen LogP contribution in [0.2, 0.25) is 0 Å². The SMILES string of the molecule is COc1ccc2c(O)cc(-c3ccc(OC(C)C)cc3)nc2c1. The van der Waals surface area contributed by atoms with E-state index in [1.165, 1.54) is 0 Å². The number of benzene rings is 2. The van der Waals surface area contributed by atoms with Gasteiger partial charge in [0, 0.05) is 23.1 Å². The lowest BCUT2D eigenvalue weighted by molar-refractivity contribution is 0.242. The highest BCUT2D eigenvalue weighted by atomic mass is 16.5.